The highest BCUT2D eigenvalue weighted by molar-refractivity contribution is 7.95. The number of hydrogen-bond acceptors (Lipinski definition) is 2. The van der Waals surface area contributed by atoms with Crippen LogP contribution in [-0.2, 0) is 26.6 Å². The molecule has 0 spiro atoms. The van der Waals surface area contributed by atoms with Gasteiger partial charge in [0.2, 0.25) is 0 Å². The number of carbonyl (C=O) groups is 1. The highest BCUT2D eigenvalue weighted by Gasteiger charge is 1.90. The van der Waals surface area contributed by atoms with E-state index in [0.29, 0.717) is 21.8 Å². The minimum atomic E-state index is -1.08. The van der Waals surface area contributed by atoms with Gasteiger partial charge >= 0.3 is 0 Å². The van der Waals surface area contributed by atoms with Gasteiger partial charge in [-0.2, -0.15) is 0 Å². The zero-order valence-corrected chi connectivity index (χ0v) is 14.1. The number of carboxylic acid groups (broad SMARTS) is 1. The van der Waals surface area contributed by atoms with Gasteiger partial charge in [-0.25, -0.2) is 0 Å². The minimum Gasteiger partial charge on any atom is -1.00 e. The highest BCUT2D eigenvalue weighted by Crippen LogP contribution is 1.77. The lowest BCUT2D eigenvalue weighted by atomic mass is 10.9. The van der Waals surface area contributed by atoms with E-state index in [1.165, 1.54) is 11.5 Å². The monoisotopic (exact) mass is 320 g/mol. The summed E-state index contributed by atoms with van der Waals surface area (Å²) in [6.07, 6.45) is 9.00. The van der Waals surface area contributed by atoms with Crippen LogP contribution in [0.2, 0.25) is 0 Å². The third kappa shape index (κ3) is 108. The van der Waals surface area contributed by atoms with E-state index in [9.17, 15) is 0 Å². The van der Waals surface area contributed by atoms with Crippen molar-refractivity contribution in [2.24, 2.45) is 0 Å². The molecule has 0 heterocycles. The first kappa shape index (κ1) is 24.7. The summed E-state index contributed by atoms with van der Waals surface area (Å²) >= 11 is 0. The van der Waals surface area contributed by atoms with Crippen LogP contribution in [0.1, 0.15) is 20.8 Å². The largest absolute Gasteiger partial charge is 1.00 e. The van der Waals surface area contributed by atoms with Crippen molar-refractivity contribution < 1.29 is 26.9 Å². The predicted molar refractivity (Wildman–Crippen MR) is 70.2 cm³/mol. The molecule has 0 fully saturated rings. The van der Waals surface area contributed by atoms with Crippen molar-refractivity contribution in [2.45, 2.75) is 20.8 Å². The summed E-state index contributed by atoms with van der Waals surface area (Å²) in [5.74, 6) is 1.58. The molecule has 0 aliphatic rings. The van der Waals surface area contributed by atoms with Crippen LogP contribution >= 0.6 is 0 Å². The molecule has 0 saturated carbocycles. The molecular formula is C10H25BrO2S2. The van der Waals surface area contributed by atoms with E-state index in [-0.39, 0.29) is 17.0 Å². The van der Waals surface area contributed by atoms with Gasteiger partial charge in [-0.15, -0.1) is 0 Å². The summed E-state index contributed by atoms with van der Waals surface area (Å²) in [7, 11) is 1.35. The molecule has 5 heteroatoms. The van der Waals surface area contributed by atoms with Gasteiger partial charge in [-0.05, 0) is 42.6 Å². The van der Waals surface area contributed by atoms with E-state index in [1.807, 2.05) is 0 Å². The Labute approximate surface area is 112 Å². The van der Waals surface area contributed by atoms with Gasteiger partial charge in [0.1, 0.15) is 11.5 Å². The van der Waals surface area contributed by atoms with E-state index < -0.39 is 5.97 Å². The van der Waals surface area contributed by atoms with E-state index in [4.69, 9.17) is 9.90 Å². The Morgan fingerprint density at radius 3 is 1.07 bits per heavy atom. The van der Waals surface area contributed by atoms with Crippen LogP contribution < -0.4 is 22.1 Å². The molecule has 2 nitrogen and oxygen atoms in total. The number of halogens is 1. The second-order valence-electron chi connectivity index (χ2n) is 3.04. The summed E-state index contributed by atoms with van der Waals surface area (Å²) in [6.45, 7) is 5.40. The molecule has 0 N–H and O–H groups in total. The first-order valence-corrected chi connectivity index (χ1v) is 8.95. The molecule has 0 amide bonds. The molecule has 0 atom stereocenters. The van der Waals surface area contributed by atoms with Crippen molar-refractivity contribution in [1.29, 1.82) is 0 Å². The molecule has 0 aromatic rings. The quantitative estimate of drug-likeness (QED) is 0.529. The number of hydrogen-bond donors (Lipinski definition) is 0. The zero-order valence-electron chi connectivity index (χ0n) is 10.9. The first-order valence-electron chi connectivity index (χ1n) is 4.53. The third-order valence-electron chi connectivity index (χ3n) is 1.15. The molecule has 0 aliphatic carbocycles. The summed E-state index contributed by atoms with van der Waals surface area (Å²) < 4.78 is 0. The van der Waals surface area contributed by atoms with Crippen molar-refractivity contribution in [3.05, 3.63) is 0 Å². The Hall–Kier alpha value is 0.650. The van der Waals surface area contributed by atoms with Crippen molar-refractivity contribution in [3.8, 4) is 0 Å². The average molecular weight is 321 g/mol. The number of carboxylic acids is 1. The lowest BCUT2D eigenvalue weighted by Crippen LogP contribution is -3.00. The molecule has 0 radical (unpaired) electrons. The molecule has 0 unspecified atom stereocenters. The standard InChI is InChI=1S/2C4H11S.C2H4O2.BrH/c2*1-4-5(2)3;1-2(3)4;/h2*4H2,1-3H3;1H3,(H,3,4);1H/q2*+1;;/p-2. The van der Waals surface area contributed by atoms with Gasteiger partial charge in [0.15, 0.2) is 0 Å². The van der Waals surface area contributed by atoms with E-state index in [1.54, 1.807) is 0 Å². The highest BCUT2D eigenvalue weighted by atomic mass is 79.9. The SMILES string of the molecule is CC(=O)[O-].CC[S+](C)C.CC[S+](C)C.[Br-]. The zero-order chi connectivity index (χ0) is 12.1. The van der Waals surface area contributed by atoms with Gasteiger partial charge in [-0.3, -0.25) is 0 Å². The van der Waals surface area contributed by atoms with E-state index >= 15 is 0 Å². The summed E-state index contributed by atoms with van der Waals surface area (Å²) in [4.78, 5) is 8.89. The van der Waals surface area contributed by atoms with Crippen LogP contribution in [-0.4, -0.2) is 42.5 Å². The van der Waals surface area contributed by atoms with Crippen LogP contribution in [0.15, 0.2) is 0 Å². The molecule has 15 heavy (non-hydrogen) atoms. The summed E-state index contributed by atoms with van der Waals surface area (Å²) in [6, 6.07) is 0. The fourth-order valence-electron chi connectivity index (χ4n) is 0. The Morgan fingerprint density at radius 1 is 1.00 bits per heavy atom. The maximum atomic E-state index is 8.89. The van der Waals surface area contributed by atoms with Crippen LogP contribution in [0.3, 0.4) is 0 Å². The molecule has 96 valence electrons. The topological polar surface area (TPSA) is 40.1 Å². The Balaban J connectivity index is -0.0000000590. The normalized spacial score (nSPS) is 8.07. The van der Waals surface area contributed by atoms with Gasteiger partial charge in [-0.1, -0.05) is 0 Å². The van der Waals surface area contributed by atoms with Gasteiger partial charge in [0.05, 0.1) is 25.0 Å². The molecule has 0 saturated heterocycles. The molecular weight excluding hydrogens is 296 g/mol. The predicted octanol–water partition coefficient (Wildman–Crippen LogP) is -2.47. The van der Waals surface area contributed by atoms with Gasteiger partial charge in [0, 0.05) is 5.97 Å². The van der Waals surface area contributed by atoms with Crippen molar-refractivity contribution in [1.82, 2.24) is 0 Å². The van der Waals surface area contributed by atoms with Crippen molar-refractivity contribution in [2.75, 3.05) is 36.5 Å². The third-order valence-corrected chi connectivity index (χ3v) is 3.46. The molecule has 0 rings (SSSR count). The molecule has 0 bridgehead atoms. The first-order chi connectivity index (χ1) is 6.27. The Morgan fingerprint density at radius 2 is 1.07 bits per heavy atom. The lowest BCUT2D eigenvalue weighted by molar-refractivity contribution is -0.302. The second kappa shape index (κ2) is 20.1. The number of rotatable bonds is 2. The Kier molecular flexibility index (Phi) is 33.2. The molecule has 0 aromatic heterocycles. The van der Waals surface area contributed by atoms with Crippen LogP contribution in [0, 0.1) is 0 Å². The molecule has 0 aromatic carbocycles. The van der Waals surface area contributed by atoms with Gasteiger partial charge < -0.3 is 26.9 Å². The van der Waals surface area contributed by atoms with Gasteiger partial charge in [0.25, 0.3) is 0 Å². The lowest BCUT2D eigenvalue weighted by Gasteiger charge is -1.81. The fraction of sp³-hybridized carbons (Fsp3) is 0.900. The Bertz CT molecular complexity index is 108. The van der Waals surface area contributed by atoms with Crippen LogP contribution in [0.25, 0.3) is 0 Å². The maximum Gasteiger partial charge on any atom is 0.104 e. The minimum absolute atomic E-state index is 0. The summed E-state index contributed by atoms with van der Waals surface area (Å²) in [5, 5.41) is 8.89. The van der Waals surface area contributed by atoms with Crippen LogP contribution in [0.5, 0.6) is 0 Å². The van der Waals surface area contributed by atoms with Crippen molar-refractivity contribution in [3.63, 3.8) is 0 Å². The molecule has 0 aliphatic heterocycles. The smallest absolute Gasteiger partial charge is 0.104 e. The average Bonchev–Trinajstić information content (AvgIpc) is 2.04. The van der Waals surface area contributed by atoms with Crippen molar-refractivity contribution >= 4 is 27.8 Å². The maximum absolute atomic E-state index is 8.89. The van der Waals surface area contributed by atoms with E-state index in [2.05, 4.69) is 38.9 Å². The number of aliphatic carboxylic acids is 1. The summed E-state index contributed by atoms with van der Waals surface area (Å²) in [5.41, 5.74) is 0. The fourth-order valence-corrected chi connectivity index (χ4v) is 0. The van der Waals surface area contributed by atoms with E-state index in [0.717, 1.165) is 6.92 Å². The van der Waals surface area contributed by atoms with Crippen LogP contribution in [0.4, 0.5) is 0 Å². The number of carbonyl (C=O) groups excluding carboxylic acids is 1. The second-order valence-corrected chi connectivity index (χ2v) is 8.14.